The maximum absolute atomic E-state index is 4.04. The molecule has 82 valence electrons. The second-order valence-electron chi connectivity index (χ2n) is 5.60. The minimum atomic E-state index is -0.975. The predicted octanol–water partition coefficient (Wildman–Crippen LogP) is 3.37. The SMILES string of the molecule is C=C(C)C[Si](C)(C)CCN1CCCC1. The fourth-order valence-electron chi connectivity index (χ4n) is 2.37. The Labute approximate surface area is 90.2 Å². The predicted molar refractivity (Wildman–Crippen MR) is 67.6 cm³/mol. The second-order valence-corrected chi connectivity index (χ2v) is 10.8. The Balaban J connectivity index is 2.23. The zero-order valence-corrected chi connectivity index (χ0v) is 11.1. The van der Waals surface area contributed by atoms with Crippen LogP contribution in [0.4, 0.5) is 0 Å². The summed E-state index contributed by atoms with van der Waals surface area (Å²) in [5, 5.41) is 0. The van der Waals surface area contributed by atoms with Gasteiger partial charge in [-0.25, -0.2) is 0 Å². The molecule has 0 unspecified atom stereocenters. The average Bonchev–Trinajstić information content (AvgIpc) is 2.50. The van der Waals surface area contributed by atoms with Crippen LogP contribution in [0.3, 0.4) is 0 Å². The first-order valence-corrected chi connectivity index (χ1v) is 9.28. The maximum Gasteiger partial charge on any atom is 0.0526 e. The number of nitrogens with zero attached hydrogens (tertiary/aromatic N) is 1. The fourth-order valence-corrected chi connectivity index (χ4v) is 5.10. The van der Waals surface area contributed by atoms with Gasteiger partial charge in [-0.15, -0.1) is 6.58 Å². The Kier molecular flexibility index (Phi) is 4.39. The molecular weight excluding hydrogens is 186 g/mol. The maximum atomic E-state index is 4.04. The van der Waals surface area contributed by atoms with E-state index in [1.54, 1.807) is 0 Å². The molecule has 1 rings (SSSR count). The minimum absolute atomic E-state index is 0.975. The molecule has 0 radical (unpaired) electrons. The fraction of sp³-hybridized carbons (Fsp3) is 0.833. The lowest BCUT2D eigenvalue weighted by Gasteiger charge is -2.25. The van der Waals surface area contributed by atoms with Crippen molar-refractivity contribution in [3.63, 3.8) is 0 Å². The lowest BCUT2D eigenvalue weighted by molar-refractivity contribution is 0.357. The number of likely N-dealkylation sites (tertiary alicyclic amines) is 1. The summed E-state index contributed by atoms with van der Waals surface area (Å²) in [5.74, 6) is 0. The van der Waals surface area contributed by atoms with Crippen molar-refractivity contribution in [2.45, 2.75) is 44.9 Å². The normalized spacial score (nSPS) is 18.8. The van der Waals surface area contributed by atoms with Gasteiger partial charge in [-0.05, 0) is 51.5 Å². The molecule has 0 aromatic carbocycles. The third kappa shape index (κ3) is 4.42. The summed E-state index contributed by atoms with van der Waals surface area (Å²) in [6.45, 7) is 15.2. The van der Waals surface area contributed by atoms with Crippen molar-refractivity contribution in [3.05, 3.63) is 12.2 Å². The molecule has 0 spiro atoms. The summed E-state index contributed by atoms with van der Waals surface area (Å²) in [6.07, 6.45) is 2.84. The van der Waals surface area contributed by atoms with Crippen LogP contribution >= 0.6 is 0 Å². The number of allylic oxidation sites excluding steroid dienone is 1. The van der Waals surface area contributed by atoms with Gasteiger partial charge in [0.1, 0.15) is 0 Å². The van der Waals surface area contributed by atoms with Gasteiger partial charge in [0.2, 0.25) is 0 Å². The highest BCUT2D eigenvalue weighted by atomic mass is 28.3. The smallest absolute Gasteiger partial charge is 0.0526 e. The Morgan fingerprint density at radius 2 is 1.86 bits per heavy atom. The van der Waals surface area contributed by atoms with Gasteiger partial charge in [0.25, 0.3) is 0 Å². The van der Waals surface area contributed by atoms with Gasteiger partial charge < -0.3 is 4.90 Å². The highest BCUT2D eigenvalue weighted by Gasteiger charge is 2.22. The second kappa shape index (κ2) is 5.13. The van der Waals surface area contributed by atoms with Crippen molar-refractivity contribution in [1.82, 2.24) is 4.90 Å². The van der Waals surface area contributed by atoms with Crippen LogP contribution in [-0.4, -0.2) is 32.6 Å². The van der Waals surface area contributed by atoms with E-state index in [0.717, 1.165) is 0 Å². The van der Waals surface area contributed by atoms with Crippen LogP contribution in [0.2, 0.25) is 25.2 Å². The first-order valence-electron chi connectivity index (χ1n) is 5.86. The van der Waals surface area contributed by atoms with Gasteiger partial charge >= 0.3 is 0 Å². The molecule has 0 bridgehead atoms. The summed E-state index contributed by atoms with van der Waals surface area (Å²) in [6, 6.07) is 2.75. The van der Waals surface area contributed by atoms with Crippen molar-refractivity contribution in [2.24, 2.45) is 0 Å². The summed E-state index contributed by atoms with van der Waals surface area (Å²) in [7, 11) is -0.975. The van der Waals surface area contributed by atoms with Crippen LogP contribution in [-0.2, 0) is 0 Å². The molecule has 0 aromatic heterocycles. The van der Waals surface area contributed by atoms with Crippen molar-refractivity contribution in [1.29, 1.82) is 0 Å². The molecule has 14 heavy (non-hydrogen) atoms. The van der Waals surface area contributed by atoms with Gasteiger partial charge in [0.15, 0.2) is 0 Å². The van der Waals surface area contributed by atoms with E-state index in [9.17, 15) is 0 Å². The zero-order chi connectivity index (χ0) is 10.6. The Morgan fingerprint density at radius 1 is 1.29 bits per heavy atom. The van der Waals surface area contributed by atoms with E-state index in [-0.39, 0.29) is 0 Å². The molecule has 0 atom stereocenters. The molecule has 0 N–H and O–H groups in total. The number of hydrogen-bond acceptors (Lipinski definition) is 1. The molecule has 0 aliphatic carbocycles. The van der Waals surface area contributed by atoms with E-state index < -0.39 is 8.07 Å². The quantitative estimate of drug-likeness (QED) is 0.498. The van der Waals surface area contributed by atoms with E-state index in [1.807, 2.05) is 0 Å². The highest BCUT2D eigenvalue weighted by molar-refractivity contribution is 6.78. The van der Waals surface area contributed by atoms with Crippen LogP contribution in [0.25, 0.3) is 0 Å². The Bertz CT molecular complexity index is 192. The standard InChI is InChI=1S/C12H25NSi/c1-12(2)11-14(3,4)10-9-13-7-5-6-8-13/h1,5-11H2,2-4H3. The zero-order valence-electron chi connectivity index (χ0n) is 10.1. The molecule has 1 heterocycles. The summed E-state index contributed by atoms with van der Waals surface area (Å²) >= 11 is 0. The lowest BCUT2D eigenvalue weighted by Crippen LogP contribution is -2.32. The molecule has 2 heteroatoms. The number of rotatable bonds is 5. The van der Waals surface area contributed by atoms with Crippen LogP contribution in [0.5, 0.6) is 0 Å². The van der Waals surface area contributed by atoms with E-state index in [1.165, 1.54) is 50.1 Å². The van der Waals surface area contributed by atoms with Gasteiger partial charge in [-0.2, -0.15) is 0 Å². The van der Waals surface area contributed by atoms with Gasteiger partial charge in [0, 0.05) is 0 Å². The van der Waals surface area contributed by atoms with Crippen LogP contribution < -0.4 is 0 Å². The van der Waals surface area contributed by atoms with Gasteiger partial charge in [-0.3, -0.25) is 0 Å². The molecule has 0 amide bonds. The van der Waals surface area contributed by atoms with E-state index >= 15 is 0 Å². The van der Waals surface area contributed by atoms with Crippen molar-refractivity contribution >= 4 is 8.07 Å². The molecule has 1 fully saturated rings. The topological polar surface area (TPSA) is 3.24 Å². The molecule has 0 saturated carbocycles. The molecule has 1 aliphatic heterocycles. The molecular formula is C12H25NSi. The number of hydrogen-bond donors (Lipinski definition) is 0. The molecule has 0 aromatic rings. The summed E-state index contributed by atoms with van der Waals surface area (Å²) in [4.78, 5) is 2.63. The van der Waals surface area contributed by atoms with Crippen LogP contribution in [0, 0.1) is 0 Å². The van der Waals surface area contributed by atoms with Crippen molar-refractivity contribution in [2.75, 3.05) is 19.6 Å². The first-order chi connectivity index (χ1) is 6.49. The molecule has 1 nitrogen and oxygen atoms in total. The minimum Gasteiger partial charge on any atom is -0.304 e. The average molecular weight is 211 g/mol. The third-order valence-corrected chi connectivity index (χ3v) is 6.22. The highest BCUT2D eigenvalue weighted by Crippen LogP contribution is 2.21. The Hall–Kier alpha value is -0.0831. The van der Waals surface area contributed by atoms with Gasteiger partial charge in [0.05, 0.1) is 8.07 Å². The monoisotopic (exact) mass is 211 g/mol. The van der Waals surface area contributed by atoms with Gasteiger partial charge in [-0.1, -0.05) is 18.7 Å². The molecule has 1 aliphatic rings. The largest absolute Gasteiger partial charge is 0.304 e. The van der Waals surface area contributed by atoms with Crippen molar-refractivity contribution in [3.8, 4) is 0 Å². The van der Waals surface area contributed by atoms with Crippen molar-refractivity contribution < 1.29 is 0 Å². The molecule has 1 saturated heterocycles. The first kappa shape index (κ1) is 12.0. The summed E-state index contributed by atoms with van der Waals surface area (Å²) < 4.78 is 0. The lowest BCUT2D eigenvalue weighted by atomic mass is 10.4. The van der Waals surface area contributed by atoms with E-state index in [0.29, 0.717) is 0 Å². The van der Waals surface area contributed by atoms with Crippen LogP contribution in [0.1, 0.15) is 19.8 Å². The third-order valence-electron chi connectivity index (χ3n) is 3.08. The van der Waals surface area contributed by atoms with E-state index in [2.05, 4.69) is 31.5 Å². The van der Waals surface area contributed by atoms with Crippen LogP contribution in [0.15, 0.2) is 12.2 Å². The summed E-state index contributed by atoms with van der Waals surface area (Å²) in [5.41, 5.74) is 1.38. The van der Waals surface area contributed by atoms with E-state index in [4.69, 9.17) is 0 Å². The Morgan fingerprint density at radius 3 is 2.36 bits per heavy atom.